The van der Waals surface area contributed by atoms with Gasteiger partial charge in [0.1, 0.15) is 5.75 Å². The Hall–Kier alpha value is -2.86. The number of hydrogen-bond acceptors (Lipinski definition) is 4. The van der Waals surface area contributed by atoms with Crippen LogP contribution in [0.25, 0.3) is 0 Å². The van der Waals surface area contributed by atoms with E-state index < -0.39 is 11.9 Å². The molecule has 0 saturated carbocycles. The fourth-order valence-corrected chi connectivity index (χ4v) is 1.88. The van der Waals surface area contributed by atoms with Gasteiger partial charge < -0.3 is 20.3 Å². The van der Waals surface area contributed by atoms with Gasteiger partial charge in [0.2, 0.25) is 0 Å². The summed E-state index contributed by atoms with van der Waals surface area (Å²) in [5.74, 6) is -2.68. The van der Waals surface area contributed by atoms with Crippen LogP contribution < -0.4 is 10.1 Å². The number of rotatable bonds is 6. The molecule has 0 aliphatic carbocycles. The zero-order valence-electron chi connectivity index (χ0n) is 13.4. The largest absolute Gasteiger partial charge is 0.494 e. The quantitative estimate of drug-likeness (QED) is 0.704. The van der Waals surface area contributed by atoms with Crippen LogP contribution in [0.3, 0.4) is 0 Å². The number of benzene rings is 2. The summed E-state index contributed by atoms with van der Waals surface area (Å²) in [7, 11) is 0. The monoisotopic (exact) mass is 331 g/mol. The summed E-state index contributed by atoms with van der Waals surface area (Å²) in [5.41, 5.74) is 2.50. The van der Waals surface area contributed by atoms with Crippen LogP contribution in [-0.4, -0.2) is 28.8 Å². The number of carbonyl (C=O) groups is 2. The van der Waals surface area contributed by atoms with Crippen LogP contribution in [0.2, 0.25) is 0 Å². The van der Waals surface area contributed by atoms with Crippen LogP contribution in [0.4, 0.5) is 0 Å². The molecule has 0 atom stereocenters. The van der Waals surface area contributed by atoms with E-state index in [9.17, 15) is 0 Å². The number of para-hydroxylation sites is 1. The Morgan fingerprint density at radius 1 is 0.917 bits per heavy atom. The second kappa shape index (κ2) is 10.8. The molecule has 0 aliphatic heterocycles. The van der Waals surface area contributed by atoms with E-state index in [0.717, 1.165) is 18.8 Å². The number of carboxylic acids is 2. The van der Waals surface area contributed by atoms with Gasteiger partial charge in [-0.3, -0.25) is 0 Å². The van der Waals surface area contributed by atoms with Crippen molar-refractivity contribution < 1.29 is 24.5 Å². The summed E-state index contributed by atoms with van der Waals surface area (Å²) in [6.45, 7) is 4.41. The van der Waals surface area contributed by atoms with E-state index in [2.05, 4.69) is 35.6 Å². The van der Waals surface area contributed by atoms with Crippen molar-refractivity contribution >= 4 is 11.9 Å². The minimum absolute atomic E-state index is 0.704. The lowest BCUT2D eigenvalue weighted by Crippen LogP contribution is -2.13. The predicted octanol–water partition coefficient (Wildman–Crippen LogP) is 2.53. The minimum Gasteiger partial charge on any atom is -0.494 e. The SMILES string of the molecule is CCOc1ccccc1CNCc1ccccc1.O=C(O)C(=O)O. The van der Waals surface area contributed by atoms with E-state index in [4.69, 9.17) is 24.5 Å². The molecule has 24 heavy (non-hydrogen) atoms. The zero-order chi connectivity index (χ0) is 17.8. The van der Waals surface area contributed by atoms with Gasteiger partial charge in [-0.1, -0.05) is 48.5 Å². The van der Waals surface area contributed by atoms with Crippen LogP contribution in [0, 0.1) is 0 Å². The molecular formula is C18H21NO5. The second-order valence-corrected chi connectivity index (χ2v) is 4.74. The maximum atomic E-state index is 9.10. The van der Waals surface area contributed by atoms with Crippen molar-refractivity contribution in [2.45, 2.75) is 20.0 Å². The van der Waals surface area contributed by atoms with Gasteiger partial charge in [0.15, 0.2) is 0 Å². The molecule has 0 aromatic heterocycles. The molecule has 0 unspecified atom stereocenters. The Balaban J connectivity index is 0.000000413. The van der Waals surface area contributed by atoms with Gasteiger partial charge in [0.05, 0.1) is 6.61 Å². The minimum atomic E-state index is -1.82. The van der Waals surface area contributed by atoms with Crippen molar-refractivity contribution in [1.29, 1.82) is 0 Å². The topological polar surface area (TPSA) is 95.9 Å². The molecule has 0 amide bonds. The molecule has 6 nitrogen and oxygen atoms in total. The normalized spacial score (nSPS) is 9.54. The smallest absolute Gasteiger partial charge is 0.414 e. The zero-order valence-corrected chi connectivity index (χ0v) is 13.4. The summed E-state index contributed by atoms with van der Waals surface area (Å²) < 4.78 is 5.60. The van der Waals surface area contributed by atoms with Crippen molar-refractivity contribution in [2.75, 3.05) is 6.61 Å². The first-order valence-electron chi connectivity index (χ1n) is 7.46. The number of nitrogens with one attached hydrogen (secondary N) is 1. The molecule has 128 valence electrons. The van der Waals surface area contributed by atoms with Crippen molar-refractivity contribution in [3.63, 3.8) is 0 Å². The number of carboxylic acid groups (broad SMARTS) is 2. The molecule has 0 spiro atoms. The van der Waals surface area contributed by atoms with Crippen LogP contribution in [0.5, 0.6) is 5.75 Å². The first-order valence-corrected chi connectivity index (χ1v) is 7.46. The van der Waals surface area contributed by atoms with Gasteiger partial charge in [0.25, 0.3) is 0 Å². The third kappa shape index (κ3) is 7.42. The second-order valence-electron chi connectivity index (χ2n) is 4.74. The van der Waals surface area contributed by atoms with Crippen LogP contribution >= 0.6 is 0 Å². The molecule has 2 rings (SSSR count). The van der Waals surface area contributed by atoms with Gasteiger partial charge in [0, 0.05) is 18.7 Å². The first kappa shape index (κ1) is 19.2. The third-order valence-electron chi connectivity index (χ3n) is 2.94. The number of ether oxygens (including phenoxy) is 1. The molecule has 2 aromatic rings. The fraction of sp³-hybridized carbons (Fsp3) is 0.222. The Bertz CT molecular complexity index is 631. The molecule has 0 aliphatic rings. The maximum Gasteiger partial charge on any atom is 0.414 e. The van der Waals surface area contributed by atoms with E-state index in [-0.39, 0.29) is 0 Å². The molecule has 0 saturated heterocycles. The molecule has 6 heteroatoms. The maximum absolute atomic E-state index is 9.10. The van der Waals surface area contributed by atoms with Gasteiger partial charge in [-0.05, 0) is 18.6 Å². The molecule has 0 heterocycles. The first-order chi connectivity index (χ1) is 11.5. The summed E-state index contributed by atoms with van der Waals surface area (Å²) in [6.07, 6.45) is 0. The molecule has 3 N–H and O–H groups in total. The summed E-state index contributed by atoms with van der Waals surface area (Å²) in [4.78, 5) is 18.2. The van der Waals surface area contributed by atoms with Crippen molar-refractivity contribution in [1.82, 2.24) is 5.32 Å². The molecular weight excluding hydrogens is 310 g/mol. The van der Waals surface area contributed by atoms with Crippen LogP contribution in [0.15, 0.2) is 54.6 Å². The standard InChI is InChI=1S/C16H19NO.C2H2O4/c1-2-18-16-11-7-6-10-15(16)13-17-12-14-8-4-3-5-9-14;3-1(4)2(5)6/h3-11,17H,2,12-13H2,1H3;(H,3,4)(H,5,6). The van der Waals surface area contributed by atoms with E-state index in [1.165, 1.54) is 11.1 Å². The third-order valence-corrected chi connectivity index (χ3v) is 2.94. The fourth-order valence-electron chi connectivity index (χ4n) is 1.88. The highest BCUT2D eigenvalue weighted by Crippen LogP contribution is 2.17. The van der Waals surface area contributed by atoms with Crippen molar-refractivity contribution in [3.05, 3.63) is 65.7 Å². The van der Waals surface area contributed by atoms with E-state index >= 15 is 0 Å². The van der Waals surface area contributed by atoms with Gasteiger partial charge in [-0.25, -0.2) is 9.59 Å². The molecule has 0 radical (unpaired) electrons. The molecule has 0 bridgehead atoms. The average molecular weight is 331 g/mol. The lowest BCUT2D eigenvalue weighted by atomic mass is 10.2. The Kier molecular flexibility index (Phi) is 8.63. The predicted molar refractivity (Wildman–Crippen MR) is 89.9 cm³/mol. The Morgan fingerprint density at radius 2 is 1.50 bits per heavy atom. The molecule has 0 fully saturated rings. The van der Waals surface area contributed by atoms with Gasteiger partial charge >= 0.3 is 11.9 Å². The van der Waals surface area contributed by atoms with Crippen molar-refractivity contribution in [2.24, 2.45) is 0 Å². The summed E-state index contributed by atoms with van der Waals surface area (Å²) in [6, 6.07) is 18.6. The Labute approximate surface area is 140 Å². The van der Waals surface area contributed by atoms with E-state index in [1.807, 2.05) is 31.2 Å². The van der Waals surface area contributed by atoms with Crippen LogP contribution in [-0.2, 0) is 22.7 Å². The lowest BCUT2D eigenvalue weighted by molar-refractivity contribution is -0.159. The Morgan fingerprint density at radius 3 is 2.08 bits per heavy atom. The van der Waals surface area contributed by atoms with E-state index in [1.54, 1.807) is 0 Å². The van der Waals surface area contributed by atoms with Crippen LogP contribution in [0.1, 0.15) is 18.1 Å². The lowest BCUT2D eigenvalue weighted by Gasteiger charge is -2.10. The highest BCUT2D eigenvalue weighted by molar-refractivity contribution is 6.27. The number of hydrogen-bond donors (Lipinski definition) is 3. The molecule has 2 aromatic carbocycles. The summed E-state index contributed by atoms with van der Waals surface area (Å²) >= 11 is 0. The van der Waals surface area contributed by atoms with Gasteiger partial charge in [-0.15, -0.1) is 0 Å². The highest BCUT2D eigenvalue weighted by atomic mass is 16.5. The van der Waals surface area contributed by atoms with E-state index in [0.29, 0.717) is 6.61 Å². The summed E-state index contributed by atoms with van der Waals surface area (Å²) in [5, 5.41) is 18.2. The van der Waals surface area contributed by atoms with Gasteiger partial charge in [-0.2, -0.15) is 0 Å². The van der Waals surface area contributed by atoms with Crippen molar-refractivity contribution in [3.8, 4) is 5.75 Å². The highest BCUT2D eigenvalue weighted by Gasteiger charge is 2.04. The number of aliphatic carboxylic acids is 2. The average Bonchev–Trinajstić information content (AvgIpc) is 2.58.